The lowest BCUT2D eigenvalue weighted by molar-refractivity contribution is 0.502. The Morgan fingerprint density at radius 1 is 1.24 bits per heavy atom. The molecule has 2 aromatic rings. The fourth-order valence-electron chi connectivity index (χ4n) is 3.16. The van der Waals surface area contributed by atoms with Gasteiger partial charge in [-0.2, -0.15) is 5.10 Å². The third kappa shape index (κ3) is 3.20. The Morgan fingerprint density at radius 2 is 2.10 bits per heavy atom. The van der Waals surface area contributed by atoms with Crippen molar-refractivity contribution in [3.63, 3.8) is 0 Å². The van der Waals surface area contributed by atoms with Crippen LogP contribution in [0.5, 0.6) is 0 Å². The lowest BCUT2D eigenvalue weighted by atomic mass is 10.0. The van der Waals surface area contributed by atoms with E-state index in [0.29, 0.717) is 12.0 Å². The summed E-state index contributed by atoms with van der Waals surface area (Å²) in [6.07, 6.45) is 10.3. The van der Waals surface area contributed by atoms with Gasteiger partial charge in [-0.1, -0.05) is 33.6 Å². The maximum absolute atomic E-state index is 4.63. The van der Waals surface area contributed by atoms with E-state index in [0.717, 1.165) is 22.9 Å². The van der Waals surface area contributed by atoms with Crippen molar-refractivity contribution in [2.45, 2.75) is 64.8 Å². The summed E-state index contributed by atoms with van der Waals surface area (Å²) in [5.74, 6) is 2.29. The molecular formula is C17H26N4. The van der Waals surface area contributed by atoms with Gasteiger partial charge >= 0.3 is 0 Å². The van der Waals surface area contributed by atoms with E-state index < -0.39 is 0 Å². The second-order valence-electron chi connectivity index (χ2n) is 6.78. The molecule has 0 spiro atoms. The molecule has 0 saturated heterocycles. The van der Waals surface area contributed by atoms with E-state index in [1.165, 1.54) is 32.1 Å². The molecule has 0 aliphatic heterocycles. The molecule has 1 saturated carbocycles. The Hall–Kier alpha value is -1.58. The molecule has 2 unspecified atom stereocenters. The lowest BCUT2D eigenvalue weighted by Gasteiger charge is -2.17. The van der Waals surface area contributed by atoms with Crippen molar-refractivity contribution in [1.82, 2.24) is 14.6 Å². The van der Waals surface area contributed by atoms with Gasteiger partial charge in [0.15, 0.2) is 5.82 Å². The van der Waals surface area contributed by atoms with Crippen LogP contribution in [0.3, 0.4) is 0 Å². The molecule has 1 fully saturated rings. The van der Waals surface area contributed by atoms with E-state index in [9.17, 15) is 0 Å². The van der Waals surface area contributed by atoms with E-state index in [4.69, 9.17) is 0 Å². The predicted molar refractivity (Wildman–Crippen MR) is 86.7 cm³/mol. The molecule has 1 N–H and O–H groups in total. The van der Waals surface area contributed by atoms with Gasteiger partial charge in [-0.05, 0) is 37.2 Å². The molecule has 0 radical (unpaired) electrons. The fraction of sp³-hybridized carbons (Fsp3) is 0.647. The van der Waals surface area contributed by atoms with Crippen molar-refractivity contribution in [2.75, 3.05) is 5.32 Å². The van der Waals surface area contributed by atoms with Crippen molar-refractivity contribution >= 4 is 11.3 Å². The van der Waals surface area contributed by atoms with Crippen LogP contribution < -0.4 is 5.32 Å². The van der Waals surface area contributed by atoms with Crippen LogP contribution in [0, 0.1) is 5.92 Å². The summed E-state index contributed by atoms with van der Waals surface area (Å²) in [4.78, 5) is 4.55. The van der Waals surface area contributed by atoms with E-state index in [1.54, 1.807) is 0 Å². The minimum absolute atomic E-state index is 0.441. The first-order valence-electron chi connectivity index (χ1n) is 8.24. The van der Waals surface area contributed by atoms with Gasteiger partial charge in [0.05, 0.1) is 5.69 Å². The Morgan fingerprint density at radius 3 is 2.90 bits per heavy atom. The van der Waals surface area contributed by atoms with Crippen molar-refractivity contribution in [3.8, 4) is 0 Å². The number of anilines is 1. The molecular weight excluding hydrogens is 260 g/mol. The predicted octanol–water partition coefficient (Wildman–Crippen LogP) is 4.23. The molecule has 2 heterocycles. The lowest BCUT2D eigenvalue weighted by Crippen LogP contribution is -2.19. The van der Waals surface area contributed by atoms with Crippen LogP contribution in [0.15, 0.2) is 18.5 Å². The fourth-order valence-corrected chi connectivity index (χ4v) is 3.16. The number of nitrogens with zero attached hydrogens (tertiary/aromatic N) is 3. The van der Waals surface area contributed by atoms with Crippen LogP contribution in [0.2, 0.25) is 0 Å². The number of rotatable bonds is 3. The molecule has 3 rings (SSSR count). The molecule has 21 heavy (non-hydrogen) atoms. The van der Waals surface area contributed by atoms with Crippen LogP contribution in [0.1, 0.15) is 64.5 Å². The highest BCUT2D eigenvalue weighted by molar-refractivity contribution is 5.68. The molecule has 1 aliphatic carbocycles. The second kappa shape index (κ2) is 6.04. The first-order chi connectivity index (χ1) is 10.1. The third-order valence-electron chi connectivity index (χ3n) is 4.60. The van der Waals surface area contributed by atoms with Crippen LogP contribution in [-0.4, -0.2) is 20.6 Å². The monoisotopic (exact) mass is 286 g/mol. The molecule has 4 heteroatoms. The van der Waals surface area contributed by atoms with Gasteiger partial charge in [0.1, 0.15) is 5.52 Å². The average molecular weight is 286 g/mol. The number of hydrogen-bond acceptors (Lipinski definition) is 3. The zero-order valence-electron chi connectivity index (χ0n) is 13.3. The SMILES string of the molecule is CC1CCCC(Nc2nccn3nc(C(C)C)cc23)CC1. The van der Waals surface area contributed by atoms with Gasteiger partial charge in [-0.15, -0.1) is 0 Å². The maximum Gasteiger partial charge on any atom is 0.152 e. The first-order valence-corrected chi connectivity index (χ1v) is 8.24. The zero-order chi connectivity index (χ0) is 14.8. The van der Waals surface area contributed by atoms with Gasteiger partial charge in [0.25, 0.3) is 0 Å². The molecule has 0 amide bonds. The normalized spacial score (nSPS) is 23.4. The average Bonchev–Trinajstić information content (AvgIpc) is 2.80. The minimum atomic E-state index is 0.441. The number of aromatic nitrogens is 3. The summed E-state index contributed by atoms with van der Waals surface area (Å²) in [5, 5.41) is 8.30. The van der Waals surface area contributed by atoms with Crippen molar-refractivity contribution in [2.24, 2.45) is 5.92 Å². The molecule has 2 atom stereocenters. The third-order valence-corrected chi connectivity index (χ3v) is 4.60. The number of hydrogen-bond donors (Lipinski definition) is 1. The Kier molecular flexibility index (Phi) is 4.13. The van der Waals surface area contributed by atoms with Crippen LogP contribution in [-0.2, 0) is 0 Å². The number of nitrogens with one attached hydrogen (secondary N) is 1. The Labute approximate surface area is 127 Å². The van der Waals surface area contributed by atoms with E-state index in [-0.39, 0.29) is 0 Å². The highest BCUT2D eigenvalue weighted by atomic mass is 15.2. The van der Waals surface area contributed by atoms with Gasteiger partial charge in [-0.25, -0.2) is 9.50 Å². The summed E-state index contributed by atoms with van der Waals surface area (Å²) in [6.45, 7) is 6.72. The van der Waals surface area contributed by atoms with Crippen LogP contribution in [0.4, 0.5) is 5.82 Å². The van der Waals surface area contributed by atoms with Gasteiger partial charge < -0.3 is 5.32 Å². The van der Waals surface area contributed by atoms with Crippen LogP contribution in [0.25, 0.3) is 5.52 Å². The molecule has 4 nitrogen and oxygen atoms in total. The topological polar surface area (TPSA) is 42.2 Å². The summed E-state index contributed by atoms with van der Waals surface area (Å²) >= 11 is 0. The molecule has 2 aromatic heterocycles. The number of fused-ring (bicyclic) bond motifs is 1. The molecule has 114 valence electrons. The van der Waals surface area contributed by atoms with E-state index >= 15 is 0 Å². The summed E-state index contributed by atoms with van der Waals surface area (Å²) in [5.41, 5.74) is 2.22. The van der Waals surface area contributed by atoms with E-state index in [1.807, 2.05) is 16.9 Å². The minimum Gasteiger partial charge on any atom is -0.366 e. The van der Waals surface area contributed by atoms with Gasteiger partial charge in [0.2, 0.25) is 0 Å². The standard InChI is InChI=1S/C17H26N4/c1-12(2)15-11-16-17(18-9-10-21(16)20-15)19-14-6-4-5-13(3)7-8-14/h9-14H,4-8H2,1-3H3,(H,18,19). The van der Waals surface area contributed by atoms with Gasteiger partial charge in [-0.3, -0.25) is 0 Å². The second-order valence-corrected chi connectivity index (χ2v) is 6.78. The highest BCUT2D eigenvalue weighted by Gasteiger charge is 2.18. The molecule has 1 aliphatic rings. The molecule has 0 aromatic carbocycles. The maximum atomic E-state index is 4.63. The first kappa shape index (κ1) is 14.4. The van der Waals surface area contributed by atoms with Crippen molar-refractivity contribution in [3.05, 3.63) is 24.2 Å². The largest absolute Gasteiger partial charge is 0.366 e. The summed E-state index contributed by atoms with van der Waals surface area (Å²) in [7, 11) is 0. The summed E-state index contributed by atoms with van der Waals surface area (Å²) < 4.78 is 1.95. The smallest absolute Gasteiger partial charge is 0.152 e. The van der Waals surface area contributed by atoms with Crippen LogP contribution >= 0.6 is 0 Å². The molecule has 0 bridgehead atoms. The quantitative estimate of drug-likeness (QED) is 0.858. The zero-order valence-corrected chi connectivity index (χ0v) is 13.3. The highest BCUT2D eigenvalue weighted by Crippen LogP contribution is 2.26. The van der Waals surface area contributed by atoms with Gasteiger partial charge in [0, 0.05) is 18.4 Å². The Bertz CT molecular complexity index is 602. The Balaban J connectivity index is 1.83. The van der Waals surface area contributed by atoms with E-state index in [2.05, 4.69) is 42.2 Å². The van der Waals surface area contributed by atoms with Crippen molar-refractivity contribution < 1.29 is 0 Å². The summed E-state index contributed by atoms with van der Waals surface area (Å²) in [6, 6.07) is 2.71. The van der Waals surface area contributed by atoms with Crippen molar-refractivity contribution in [1.29, 1.82) is 0 Å².